The van der Waals surface area contributed by atoms with Gasteiger partial charge in [-0.05, 0) is 74.5 Å². The quantitative estimate of drug-likeness (QED) is 0.495. The van der Waals surface area contributed by atoms with Gasteiger partial charge < -0.3 is 0 Å². The number of allylic oxidation sites excluding steroid dienone is 2. The normalized spacial score (nSPS) is 56.2. The lowest BCUT2D eigenvalue weighted by Crippen LogP contribution is -2.55. The molecule has 2 N–H and O–H groups in total. The molecule has 4 aliphatic carbocycles. The molecule has 0 aromatic carbocycles. The maximum absolute atomic E-state index is 14.9. The van der Waals surface area contributed by atoms with Gasteiger partial charge in [0.1, 0.15) is 0 Å². The molecular weight excluding hydrogens is 261 g/mol. The minimum Gasteiger partial charge on any atom is -0.299 e. The number of alkyl halides is 1. The molecule has 6 atom stereocenters. The first-order valence-corrected chi connectivity index (χ1v) is 9.06. The molecule has 0 amide bonds. The SMILES string of the molecule is C[C@]12CCCCC1=CC[C@@H]1[C@H]2CC[C@@]2(C)[C@H]1CCC2(N)F. The standard InChI is InChI=1S/C19H30FN/c1-17-10-4-3-5-13(17)6-7-14-15(17)8-11-18(2)16(14)9-12-19(18,20)21/h6,14-16H,3-5,7-12,21H2,1-2H3/t14-,15-,16+,17+,18+,19?/m1/s1. The largest absolute Gasteiger partial charge is 0.299 e. The Hall–Kier alpha value is -0.370. The van der Waals surface area contributed by atoms with Crippen molar-refractivity contribution in [2.24, 2.45) is 34.3 Å². The molecule has 2 heteroatoms. The second-order valence-corrected chi connectivity index (χ2v) is 8.82. The smallest absolute Gasteiger partial charge is 0.164 e. The number of halogens is 1. The van der Waals surface area contributed by atoms with Crippen LogP contribution in [0.15, 0.2) is 11.6 Å². The first-order valence-electron chi connectivity index (χ1n) is 9.06. The van der Waals surface area contributed by atoms with Crippen molar-refractivity contribution in [2.45, 2.75) is 77.4 Å². The second kappa shape index (κ2) is 4.34. The summed E-state index contributed by atoms with van der Waals surface area (Å²) in [6.45, 7) is 4.65. The van der Waals surface area contributed by atoms with Gasteiger partial charge in [-0.25, -0.2) is 4.39 Å². The number of hydrogen-bond donors (Lipinski definition) is 1. The van der Waals surface area contributed by atoms with Crippen LogP contribution in [0.5, 0.6) is 0 Å². The third kappa shape index (κ3) is 1.72. The molecular formula is C19H30FN. The summed E-state index contributed by atoms with van der Waals surface area (Å²) in [5.74, 6) is 0.532. The van der Waals surface area contributed by atoms with Crippen LogP contribution in [0.2, 0.25) is 0 Å². The summed E-state index contributed by atoms with van der Waals surface area (Å²) in [6, 6.07) is 0. The maximum Gasteiger partial charge on any atom is 0.164 e. The third-order valence-electron chi connectivity index (χ3n) is 8.18. The Morgan fingerprint density at radius 1 is 1.10 bits per heavy atom. The zero-order chi connectivity index (χ0) is 14.9. The number of rotatable bonds is 0. The van der Waals surface area contributed by atoms with E-state index in [2.05, 4.69) is 19.9 Å². The van der Waals surface area contributed by atoms with Gasteiger partial charge in [0.25, 0.3) is 0 Å². The average Bonchev–Trinajstić information content (AvgIpc) is 2.69. The molecule has 3 saturated carbocycles. The van der Waals surface area contributed by atoms with Crippen LogP contribution in [-0.2, 0) is 0 Å². The Bertz CT molecular complexity index is 482. The van der Waals surface area contributed by atoms with E-state index in [9.17, 15) is 4.39 Å². The summed E-state index contributed by atoms with van der Waals surface area (Å²) in [7, 11) is 0. The van der Waals surface area contributed by atoms with Gasteiger partial charge in [-0.1, -0.05) is 31.9 Å². The van der Waals surface area contributed by atoms with Crippen molar-refractivity contribution in [3.05, 3.63) is 11.6 Å². The molecule has 0 bridgehead atoms. The fourth-order valence-corrected chi connectivity index (χ4v) is 6.72. The van der Waals surface area contributed by atoms with Gasteiger partial charge in [0, 0.05) is 5.41 Å². The fraction of sp³-hybridized carbons (Fsp3) is 0.895. The Labute approximate surface area is 128 Å². The van der Waals surface area contributed by atoms with E-state index in [1.807, 2.05) is 0 Å². The summed E-state index contributed by atoms with van der Waals surface area (Å²) >= 11 is 0. The summed E-state index contributed by atoms with van der Waals surface area (Å²) < 4.78 is 14.9. The monoisotopic (exact) mass is 291 g/mol. The second-order valence-electron chi connectivity index (χ2n) is 8.82. The highest BCUT2D eigenvalue weighted by Crippen LogP contribution is 2.66. The molecule has 1 unspecified atom stereocenters. The summed E-state index contributed by atoms with van der Waals surface area (Å²) in [5, 5.41) is 0. The minimum atomic E-state index is -1.43. The van der Waals surface area contributed by atoms with Gasteiger partial charge in [0.05, 0.1) is 0 Å². The molecule has 0 aliphatic heterocycles. The van der Waals surface area contributed by atoms with E-state index in [1.165, 1.54) is 38.5 Å². The third-order valence-corrected chi connectivity index (χ3v) is 8.18. The van der Waals surface area contributed by atoms with Crippen LogP contribution < -0.4 is 5.73 Å². The number of nitrogens with two attached hydrogens (primary N) is 1. The summed E-state index contributed by atoms with van der Waals surface area (Å²) in [4.78, 5) is 0. The molecule has 3 fully saturated rings. The van der Waals surface area contributed by atoms with Crippen LogP contribution >= 0.6 is 0 Å². The van der Waals surface area contributed by atoms with Crippen LogP contribution in [-0.4, -0.2) is 5.79 Å². The molecule has 118 valence electrons. The molecule has 0 aromatic rings. The van der Waals surface area contributed by atoms with E-state index < -0.39 is 5.79 Å². The van der Waals surface area contributed by atoms with Crippen molar-refractivity contribution in [1.82, 2.24) is 0 Å². The molecule has 4 aliphatic rings. The predicted molar refractivity (Wildman–Crippen MR) is 84.3 cm³/mol. The lowest BCUT2D eigenvalue weighted by Gasteiger charge is -2.57. The predicted octanol–water partition coefficient (Wildman–Crippen LogP) is 4.96. The zero-order valence-corrected chi connectivity index (χ0v) is 13.6. The van der Waals surface area contributed by atoms with E-state index in [1.54, 1.807) is 5.57 Å². The van der Waals surface area contributed by atoms with Crippen molar-refractivity contribution >= 4 is 0 Å². The molecule has 21 heavy (non-hydrogen) atoms. The summed E-state index contributed by atoms with van der Waals surface area (Å²) in [5.41, 5.74) is 7.95. The topological polar surface area (TPSA) is 26.0 Å². The van der Waals surface area contributed by atoms with Crippen molar-refractivity contribution in [2.75, 3.05) is 0 Å². The molecule has 4 rings (SSSR count). The van der Waals surface area contributed by atoms with E-state index in [0.29, 0.717) is 23.7 Å². The maximum atomic E-state index is 14.9. The van der Waals surface area contributed by atoms with Gasteiger partial charge in [-0.2, -0.15) is 0 Å². The average molecular weight is 291 g/mol. The highest BCUT2D eigenvalue weighted by atomic mass is 19.1. The van der Waals surface area contributed by atoms with Crippen molar-refractivity contribution in [3.8, 4) is 0 Å². The first kappa shape index (κ1) is 14.2. The lowest BCUT2D eigenvalue weighted by atomic mass is 9.48. The van der Waals surface area contributed by atoms with Gasteiger partial charge in [-0.15, -0.1) is 0 Å². The molecule has 1 nitrogen and oxygen atoms in total. The lowest BCUT2D eigenvalue weighted by molar-refractivity contribution is -0.0823. The van der Waals surface area contributed by atoms with E-state index in [0.717, 1.165) is 18.8 Å². The molecule has 0 aromatic heterocycles. The number of fused-ring (bicyclic) bond motifs is 5. The van der Waals surface area contributed by atoms with E-state index in [4.69, 9.17) is 5.73 Å². The van der Waals surface area contributed by atoms with Gasteiger partial charge in [0.15, 0.2) is 5.79 Å². The molecule has 0 spiro atoms. The Morgan fingerprint density at radius 2 is 1.86 bits per heavy atom. The van der Waals surface area contributed by atoms with Crippen LogP contribution in [0, 0.1) is 28.6 Å². The zero-order valence-electron chi connectivity index (χ0n) is 13.6. The van der Waals surface area contributed by atoms with Crippen molar-refractivity contribution in [1.29, 1.82) is 0 Å². The van der Waals surface area contributed by atoms with Crippen LogP contribution in [0.3, 0.4) is 0 Å². The Balaban J connectivity index is 1.71. The van der Waals surface area contributed by atoms with Gasteiger partial charge in [0.2, 0.25) is 0 Å². The van der Waals surface area contributed by atoms with Crippen LogP contribution in [0.25, 0.3) is 0 Å². The molecule has 0 radical (unpaired) electrons. The van der Waals surface area contributed by atoms with Crippen molar-refractivity contribution < 1.29 is 4.39 Å². The van der Waals surface area contributed by atoms with E-state index in [-0.39, 0.29) is 5.41 Å². The van der Waals surface area contributed by atoms with Gasteiger partial charge in [-0.3, -0.25) is 5.73 Å². The first-order chi connectivity index (χ1) is 9.88. The summed E-state index contributed by atoms with van der Waals surface area (Å²) in [6.07, 6.45) is 12.9. The molecule has 0 heterocycles. The van der Waals surface area contributed by atoms with Crippen LogP contribution in [0.4, 0.5) is 4.39 Å². The Morgan fingerprint density at radius 3 is 2.67 bits per heavy atom. The fourth-order valence-electron chi connectivity index (χ4n) is 6.72. The Kier molecular flexibility index (Phi) is 2.94. The van der Waals surface area contributed by atoms with Crippen LogP contribution in [0.1, 0.15) is 71.6 Å². The highest BCUT2D eigenvalue weighted by molar-refractivity contribution is 5.25. The van der Waals surface area contributed by atoms with Gasteiger partial charge >= 0.3 is 0 Å². The van der Waals surface area contributed by atoms with E-state index >= 15 is 0 Å². The number of hydrogen-bond acceptors (Lipinski definition) is 1. The molecule has 0 saturated heterocycles. The van der Waals surface area contributed by atoms with Crippen molar-refractivity contribution in [3.63, 3.8) is 0 Å². The minimum absolute atomic E-state index is 0.273. The highest BCUT2D eigenvalue weighted by Gasteiger charge is 2.63.